The van der Waals surface area contributed by atoms with Crippen LogP contribution in [0, 0.1) is 0 Å². The summed E-state index contributed by atoms with van der Waals surface area (Å²) in [5, 5.41) is 7.55. The van der Waals surface area contributed by atoms with Gasteiger partial charge in [-0.15, -0.1) is 0 Å². The summed E-state index contributed by atoms with van der Waals surface area (Å²) in [5.41, 5.74) is 1.24. The molecule has 0 aliphatic carbocycles. The van der Waals surface area contributed by atoms with E-state index in [-0.39, 0.29) is 6.04 Å². The van der Waals surface area contributed by atoms with Gasteiger partial charge in [0.1, 0.15) is 5.82 Å². The van der Waals surface area contributed by atoms with Gasteiger partial charge in [0.25, 0.3) is 0 Å². The molecule has 0 amide bonds. The summed E-state index contributed by atoms with van der Waals surface area (Å²) in [7, 11) is 1.93. The smallest absolute Gasteiger partial charge is 0.124 e. The molecule has 4 heteroatoms. The van der Waals surface area contributed by atoms with Crippen molar-refractivity contribution in [3.05, 3.63) is 46.6 Å². The quantitative estimate of drug-likeness (QED) is 0.934. The van der Waals surface area contributed by atoms with Gasteiger partial charge in [-0.1, -0.05) is 34.1 Å². The van der Waals surface area contributed by atoms with Crippen LogP contribution in [-0.2, 0) is 7.05 Å². The van der Waals surface area contributed by atoms with Crippen molar-refractivity contribution in [1.29, 1.82) is 0 Å². The van der Waals surface area contributed by atoms with Gasteiger partial charge in [-0.05, 0) is 18.6 Å². The van der Waals surface area contributed by atoms with E-state index in [0.29, 0.717) is 0 Å². The molecule has 84 valence electrons. The highest BCUT2D eigenvalue weighted by molar-refractivity contribution is 9.10. The predicted octanol–water partition coefficient (Wildman–Crippen LogP) is 3.36. The van der Waals surface area contributed by atoms with E-state index in [1.54, 1.807) is 6.20 Å². The van der Waals surface area contributed by atoms with Crippen molar-refractivity contribution in [3.8, 4) is 0 Å². The van der Waals surface area contributed by atoms with Crippen molar-refractivity contribution in [2.24, 2.45) is 7.05 Å². The number of halogens is 1. The number of anilines is 1. The van der Waals surface area contributed by atoms with Gasteiger partial charge in [-0.3, -0.25) is 4.68 Å². The van der Waals surface area contributed by atoms with E-state index in [1.807, 2.05) is 29.9 Å². The molecule has 2 rings (SSSR count). The molecule has 1 N–H and O–H groups in total. The zero-order valence-electron chi connectivity index (χ0n) is 9.31. The van der Waals surface area contributed by atoms with Crippen LogP contribution in [0.15, 0.2) is 41.0 Å². The van der Waals surface area contributed by atoms with Crippen LogP contribution in [0.4, 0.5) is 5.82 Å². The van der Waals surface area contributed by atoms with Crippen molar-refractivity contribution in [2.45, 2.75) is 13.0 Å². The zero-order chi connectivity index (χ0) is 11.5. The van der Waals surface area contributed by atoms with Gasteiger partial charge in [-0.2, -0.15) is 5.10 Å². The van der Waals surface area contributed by atoms with Gasteiger partial charge in [0, 0.05) is 17.6 Å². The minimum absolute atomic E-state index is 0.242. The van der Waals surface area contributed by atoms with Gasteiger partial charge in [0.15, 0.2) is 0 Å². The summed E-state index contributed by atoms with van der Waals surface area (Å²) in [6.45, 7) is 2.13. The molecule has 0 bridgehead atoms. The Morgan fingerprint density at radius 1 is 1.31 bits per heavy atom. The second-order valence-electron chi connectivity index (χ2n) is 3.73. The first-order valence-electron chi connectivity index (χ1n) is 5.17. The minimum atomic E-state index is 0.242. The molecule has 0 radical (unpaired) electrons. The van der Waals surface area contributed by atoms with Crippen LogP contribution >= 0.6 is 15.9 Å². The molecule has 0 fully saturated rings. The molecule has 1 unspecified atom stereocenters. The summed E-state index contributed by atoms with van der Waals surface area (Å²) < 4.78 is 2.95. The first kappa shape index (κ1) is 11.2. The lowest BCUT2D eigenvalue weighted by Crippen LogP contribution is -2.10. The monoisotopic (exact) mass is 279 g/mol. The van der Waals surface area contributed by atoms with Gasteiger partial charge >= 0.3 is 0 Å². The fourth-order valence-corrected chi connectivity index (χ4v) is 2.27. The summed E-state index contributed by atoms with van der Waals surface area (Å²) in [5.74, 6) is 1.02. The molecule has 0 aliphatic rings. The van der Waals surface area contributed by atoms with Crippen LogP contribution in [0.5, 0.6) is 0 Å². The first-order chi connectivity index (χ1) is 7.68. The second kappa shape index (κ2) is 4.70. The largest absolute Gasteiger partial charge is 0.364 e. The third-order valence-corrected chi connectivity index (χ3v) is 3.28. The molecule has 0 saturated heterocycles. The number of rotatable bonds is 3. The fraction of sp³-hybridized carbons (Fsp3) is 0.250. The third kappa shape index (κ3) is 2.27. The Morgan fingerprint density at radius 3 is 2.69 bits per heavy atom. The lowest BCUT2D eigenvalue weighted by Gasteiger charge is -2.16. The number of nitrogens with one attached hydrogen (secondary N) is 1. The molecule has 3 nitrogen and oxygen atoms in total. The van der Waals surface area contributed by atoms with E-state index in [2.05, 4.69) is 45.4 Å². The van der Waals surface area contributed by atoms with E-state index < -0.39 is 0 Å². The maximum Gasteiger partial charge on any atom is 0.124 e. The summed E-state index contributed by atoms with van der Waals surface area (Å²) in [6.07, 6.45) is 1.79. The normalized spacial score (nSPS) is 12.4. The van der Waals surface area contributed by atoms with Crippen molar-refractivity contribution in [3.63, 3.8) is 0 Å². The zero-order valence-corrected chi connectivity index (χ0v) is 10.9. The lowest BCUT2D eigenvalue weighted by atomic mass is 10.1. The second-order valence-corrected chi connectivity index (χ2v) is 4.58. The molecule has 16 heavy (non-hydrogen) atoms. The average Bonchev–Trinajstić information content (AvgIpc) is 2.65. The van der Waals surface area contributed by atoms with Gasteiger partial charge in [0.2, 0.25) is 0 Å². The van der Waals surface area contributed by atoms with Crippen molar-refractivity contribution >= 4 is 21.7 Å². The van der Waals surface area contributed by atoms with E-state index >= 15 is 0 Å². The average molecular weight is 280 g/mol. The fourth-order valence-electron chi connectivity index (χ4n) is 1.64. The van der Waals surface area contributed by atoms with Crippen molar-refractivity contribution in [2.75, 3.05) is 5.32 Å². The molecule has 2 aromatic rings. The van der Waals surface area contributed by atoms with Crippen LogP contribution < -0.4 is 5.32 Å². The Balaban J connectivity index is 2.18. The molecule has 1 aromatic heterocycles. The Bertz CT molecular complexity index is 479. The van der Waals surface area contributed by atoms with Gasteiger partial charge in [0.05, 0.1) is 12.2 Å². The van der Waals surface area contributed by atoms with Crippen LogP contribution in [-0.4, -0.2) is 9.78 Å². The SMILES string of the molecule is CC(Nc1ccnn1C)c1ccccc1Br. The number of benzene rings is 1. The molecular weight excluding hydrogens is 266 g/mol. The van der Waals surface area contributed by atoms with E-state index in [4.69, 9.17) is 0 Å². The highest BCUT2D eigenvalue weighted by Gasteiger charge is 2.09. The van der Waals surface area contributed by atoms with Gasteiger partial charge in [-0.25, -0.2) is 0 Å². The van der Waals surface area contributed by atoms with Crippen LogP contribution in [0.1, 0.15) is 18.5 Å². The number of hydrogen-bond donors (Lipinski definition) is 1. The Morgan fingerprint density at radius 2 is 2.06 bits per heavy atom. The first-order valence-corrected chi connectivity index (χ1v) is 5.97. The predicted molar refractivity (Wildman–Crippen MR) is 69.4 cm³/mol. The number of nitrogens with zero attached hydrogens (tertiary/aromatic N) is 2. The standard InChI is InChI=1S/C12H14BrN3/c1-9(10-5-3-4-6-11(10)13)15-12-7-8-14-16(12)2/h3-9,15H,1-2H3. The lowest BCUT2D eigenvalue weighted by molar-refractivity contribution is 0.750. The molecule has 1 aromatic carbocycles. The number of aromatic nitrogens is 2. The van der Waals surface area contributed by atoms with Crippen LogP contribution in [0.25, 0.3) is 0 Å². The van der Waals surface area contributed by atoms with E-state index in [0.717, 1.165) is 10.3 Å². The third-order valence-electron chi connectivity index (χ3n) is 2.56. The Kier molecular flexibility index (Phi) is 3.29. The van der Waals surface area contributed by atoms with E-state index in [9.17, 15) is 0 Å². The molecular formula is C12H14BrN3. The van der Waals surface area contributed by atoms with Gasteiger partial charge < -0.3 is 5.32 Å². The van der Waals surface area contributed by atoms with Crippen molar-refractivity contribution < 1.29 is 0 Å². The molecule has 0 aliphatic heterocycles. The highest BCUT2D eigenvalue weighted by atomic mass is 79.9. The molecule has 1 atom stereocenters. The van der Waals surface area contributed by atoms with Crippen LogP contribution in [0.3, 0.4) is 0 Å². The van der Waals surface area contributed by atoms with Crippen LogP contribution in [0.2, 0.25) is 0 Å². The number of hydrogen-bond acceptors (Lipinski definition) is 2. The van der Waals surface area contributed by atoms with E-state index in [1.165, 1.54) is 5.56 Å². The van der Waals surface area contributed by atoms with Crippen molar-refractivity contribution in [1.82, 2.24) is 9.78 Å². The maximum atomic E-state index is 4.13. The number of aryl methyl sites for hydroxylation is 1. The molecule has 1 heterocycles. The Labute approximate surface area is 104 Å². The summed E-state index contributed by atoms with van der Waals surface area (Å²) >= 11 is 3.56. The summed E-state index contributed by atoms with van der Waals surface area (Å²) in [4.78, 5) is 0. The Hall–Kier alpha value is -1.29. The molecule has 0 spiro atoms. The highest BCUT2D eigenvalue weighted by Crippen LogP contribution is 2.25. The topological polar surface area (TPSA) is 29.9 Å². The molecule has 0 saturated carbocycles. The maximum absolute atomic E-state index is 4.13. The minimum Gasteiger partial charge on any atom is -0.364 e. The summed E-state index contributed by atoms with van der Waals surface area (Å²) in [6, 6.07) is 10.4.